The summed E-state index contributed by atoms with van der Waals surface area (Å²) >= 11 is 0. The van der Waals surface area contributed by atoms with Crippen molar-refractivity contribution in [2.45, 2.75) is 32.3 Å². The number of hydrogen-bond donors (Lipinski definition) is 1. The van der Waals surface area contributed by atoms with Crippen molar-refractivity contribution in [1.29, 1.82) is 0 Å². The normalized spacial score (nSPS) is 19.9. The van der Waals surface area contributed by atoms with Gasteiger partial charge in [0.2, 0.25) is 5.88 Å². The maximum absolute atomic E-state index is 5.95. The summed E-state index contributed by atoms with van der Waals surface area (Å²) in [5.41, 5.74) is 1.12. The van der Waals surface area contributed by atoms with E-state index < -0.39 is 0 Å². The van der Waals surface area contributed by atoms with Crippen molar-refractivity contribution in [1.82, 2.24) is 10.3 Å². The predicted molar refractivity (Wildman–Crippen MR) is 60.1 cm³/mol. The van der Waals surface area contributed by atoms with Crippen molar-refractivity contribution in [3.8, 4) is 5.88 Å². The van der Waals surface area contributed by atoms with Gasteiger partial charge in [0.1, 0.15) is 5.60 Å². The van der Waals surface area contributed by atoms with E-state index in [1.807, 2.05) is 25.3 Å². The van der Waals surface area contributed by atoms with Gasteiger partial charge in [0.25, 0.3) is 0 Å². The third-order valence-corrected chi connectivity index (χ3v) is 2.90. The van der Waals surface area contributed by atoms with Crippen LogP contribution in [0.4, 0.5) is 0 Å². The lowest BCUT2D eigenvalue weighted by Gasteiger charge is -2.34. The van der Waals surface area contributed by atoms with Gasteiger partial charge in [-0.25, -0.2) is 4.98 Å². The molecule has 1 aliphatic rings. The SMILES string of the molecule is Cc1ccc(OC2(C)CCNCC2)nc1. The van der Waals surface area contributed by atoms with Crippen LogP contribution in [-0.4, -0.2) is 23.7 Å². The van der Waals surface area contributed by atoms with Crippen molar-refractivity contribution in [3.63, 3.8) is 0 Å². The molecule has 1 fully saturated rings. The molecule has 1 aliphatic heterocycles. The molecule has 0 unspecified atom stereocenters. The fourth-order valence-corrected chi connectivity index (χ4v) is 1.82. The maximum Gasteiger partial charge on any atom is 0.213 e. The minimum Gasteiger partial charge on any atom is -0.471 e. The molecule has 1 N–H and O–H groups in total. The van der Waals surface area contributed by atoms with Gasteiger partial charge in [-0.05, 0) is 45.3 Å². The molecule has 0 radical (unpaired) electrons. The Labute approximate surface area is 90.9 Å². The highest BCUT2D eigenvalue weighted by Gasteiger charge is 2.28. The molecule has 0 aliphatic carbocycles. The number of piperidine rings is 1. The smallest absolute Gasteiger partial charge is 0.213 e. The van der Waals surface area contributed by atoms with Crippen LogP contribution in [0.15, 0.2) is 18.3 Å². The van der Waals surface area contributed by atoms with Crippen LogP contribution < -0.4 is 10.1 Å². The summed E-state index contributed by atoms with van der Waals surface area (Å²) in [7, 11) is 0. The van der Waals surface area contributed by atoms with Crippen molar-refractivity contribution in [2.75, 3.05) is 13.1 Å². The number of aryl methyl sites for hydroxylation is 1. The first-order chi connectivity index (χ1) is 7.18. The number of nitrogens with zero attached hydrogens (tertiary/aromatic N) is 1. The molecule has 0 saturated carbocycles. The van der Waals surface area contributed by atoms with Gasteiger partial charge < -0.3 is 10.1 Å². The molecule has 0 amide bonds. The van der Waals surface area contributed by atoms with Crippen LogP contribution in [0.2, 0.25) is 0 Å². The summed E-state index contributed by atoms with van der Waals surface area (Å²) in [6.07, 6.45) is 3.94. The van der Waals surface area contributed by atoms with Crippen molar-refractivity contribution < 1.29 is 4.74 Å². The van der Waals surface area contributed by atoms with E-state index >= 15 is 0 Å². The van der Waals surface area contributed by atoms with Gasteiger partial charge in [0.05, 0.1) is 0 Å². The minimum absolute atomic E-state index is 0.0481. The molecule has 3 heteroatoms. The first kappa shape index (κ1) is 10.4. The van der Waals surface area contributed by atoms with E-state index in [9.17, 15) is 0 Å². The Kier molecular flexibility index (Phi) is 2.91. The summed E-state index contributed by atoms with van der Waals surface area (Å²) in [5, 5.41) is 3.33. The molecule has 0 atom stereocenters. The van der Waals surface area contributed by atoms with Crippen LogP contribution in [0.1, 0.15) is 25.3 Å². The van der Waals surface area contributed by atoms with E-state index in [-0.39, 0.29) is 5.60 Å². The lowest BCUT2D eigenvalue weighted by atomic mass is 9.95. The van der Waals surface area contributed by atoms with Crippen LogP contribution in [0, 0.1) is 6.92 Å². The Morgan fingerprint density at radius 2 is 2.07 bits per heavy atom. The highest BCUT2D eigenvalue weighted by Crippen LogP contribution is 2.24. The number of pyridine rings is 1. The van der Waals surface area contributed by atoms with Gasteiger partial charge in [-0.3, -0.25) is 0 Å². The molecule has 3 nitrogen and oxygen atoms in total. The van der Waals surface area contributed by atoms with E-state index in [0.29, 0.717) is 0 Å². The number of hydrogen-bond acceptors (Lipinski definition) is 3. The highest BCUT2D eigenvalue weighted by atomic mass is 16.5. The van der Waals surface area contributed by atoms with Crippen LogP contribution >= 0.6 is 0 Å². The Hall–Kier alpha value is -1.09. The molecular weight excluding hydrogens is 188 g/mol. The lowest BCUT2D eigenvalue weighted by Crippen LogP contribution is -2.43. The average molecular weight is 206 g/mol. The monoisotopic (exact) mass is 206 g/mol. The third-order valence-electron chi connectivity index (χ3n) is 2.90. The molecule has 1 aromatic rings. The Morgan fingerprint density at radius 1 is 1.33 bits per heavy atom. The molecule has 0 bridgehead atoms. The standard InChI is InChI=1S/C12H18N2O/c1-10-3-4-11(14-9-10)15-12(2)5-7-13-8-6-12/h3-4,9,13H,5-8H2,1-2H3. The van der Waals surface area contributed by atoms with E-state index in [4.69, 9.17) is 4.74 Å². The minimum atomic E-state index is -0.0481. The van der Waals surface area contributed by atoms with E-state index in [2.05, 4.69) is 17.2 Å². The van der Waals surface area contributed by atoms with Gasteiger partial charge in [-0.2, -0.15) is 0 Å². The van der Waals surface area contributed by atoms with Gasteiger partial charge in [-0.1, -0.05) is 6.07 Å². The molecular formula is C12H18N2O. The Bertz CT molecular complexity index is 315. The molecule has 0 spiro atoms. The Balaban J connectivity index is 2.03. The lowest BCUT2D eigenvalue weighted by molar-refractivity contribution is 0.0508. The quantitative estimate of drug-likeness (QED) is 0.802. The van der Waals surface area contributed by atoms with Gasteiger partial charge in [0, 0.05) is 12.3 Å². The number of nitrogens with one attached hydrogen (secondary N) is 1. The molecule has 2 heterocycles. The molecule has 0 aromatic carbocycles. The summed E-state index contributed by atoms with van der Waals surface area (Å²) in [6.45, 7) is 6.25. The van der Waals surface area contributed by atoms with Crippen molar-refractivity contribution in [2.24, 2.45) is 0 Å². The zero-order chi connectivity index (χ0) is 10.7. The van der Waals surface area contributed by atoms with E-state index in [1.54, 1.807) is 0 Å². The first-order valence-corrected chi connectivity index (χ1v) is 5.50. The van der Waals surface area contributed by atoms with Gasteiger partial charge in [-0.15, -0.1) is 0 Å². The maximum atomic E-state index is 5.95. The fraction of sp³-hybridized carbons (Fsp3) is 0.583. The molecule has 2 rings (SSSR count). The largest absolute Gasteiger partial charge is 0.471 e. The van der Waals surface area contributed by atoms with Crippen LogP contribution in [-0.2, 0) is 0 Å². The average Bonchev–Trinajstić information content (AvgIpc) is 2.22. The predicted octanol–water partition coefficient (Wildman–Crippen LogP) is 1.91. The topological polar surface area (TPSA) is 34.1 Å². The summed E-state index contributed by atoms with van der Waals surface area (Å²) in [6, 6.07) is 3.98. The van der Waals surface area contributed by atoms with Gasteiger partial charge in [0.15, 0.2) is 0 Å². The molecule has 1 aromatic heterocycles. The highest BCUT2D eigenvalue weighted by molar-refractivity contribution is 5.17. The van der Waals surface area contributed by atoms with Crippen LogP contribution in [0.3, 0.4) is 0 Å². The van der Waals surface area contributed by atoms with Crippen LogP contribution in [0.25, 0.3) is 0 Å². The second kappa shape index (κ2) is 4.19. The third kappa shape index (κ3) is 2.69. The second-order valence-corrected chi connectivity index (χ2v) is 4.48. The summed E-state index contributed by atoms with van der Waals surface area (Å²) in [5.74, 6) is 0.741. The summed E-state index contributed by atoms with van der Waals surface area (Å²) in [4.78, 5) is 4.27. The molecule has 15 heavy (non-hydrogen) atoms. The van der Waals surface area contributed by atoms with Crippen molar-refractivity contribution in [3.05, 3.63) is 23.9 Å². The number of ether oxygens (including phenoxy) is 1. The summed E-state index contributed by atoms with van der Waals surface area (Å²) < 4.78 is 5.95. The van der Waals surface area contributed by atoms with Crippen LogP contribution in [0.5, 0.6) is 5.88 Å². The number of rotatable bonds is 2. The van der Waals surface area contributed by atoms with E-state index in [1.165, 1.54) is 0 Å². The van der Waals surface area contributed by atoms with E-state index in [0.717, 1.165) is 37.4 Å². The zero-order valence-electron chi connectivity index (χ0n) is 9.42. The second-order valence-electron chi connectivity index (χ2n) is 4.48. The first-order valence-electron chi connectivity index (χ1n) is 5.50. The van der Waals surface area contributed by atoms with Gasteiger partial charge >= 0.3 is 0 Å². The molecule has 1 saturated heterocycles. The zero-order valence-corrected chi connectivity index (χ0v) is 9.42. The fourth-order valence-electron chi connectivity index (χ4n) is 1.82. The molecule has 82 valence electrons. The number of aromatic nitrogens is 1. The Morgan fingerprint density at radius 3 is 2.67 bits per heavy atom. The van der Waals surface area contributed by atoms with Crippen molar-refractivity contribution >= 4 is 0 Å².